The van der Waals surface area contributed by atoms with Gasteiger partial charge in [0.25, 0.3) is 0 Å². The van der Waals surface area contributed by atoms with Gasteiger partial charge in [-0.15, -0.1) is 0 Å². The van der Waals surface area contributed by atoms with Crippen molar-refractivity contribution >= 4 is 9.84 Å². The monoisotopic (exact) mass is 405 g/mol. The topological polar surface area (TPSA) is 64.4 Å². The Kier molecular flexibility index (Phi) is 6.91. The number of hydrogen-bond acceptors (Lipinski definition) is 5. The van der Waals surface area contributed by atoms with Crippen molar-refractivity contribution in [1.82, 2.24) is 14.5 Å². The zero-order valence-electron chi connectivity index (χ0n) is 17.1. The number of methoxy groups -OCH3 is 1. The van der Waals surface area contributed by atoms with Crippen LogP contribution < -0.4 is 0 Å². The molecule has 2 aromatic rings. The normalized spacial score (nSPS) is 18.5. The van der Waals surface area contributed by atoms with Crippen molar-refractivity contribution in [2.24, 2.45) is 0 Å². The van der Waals surface area contributed by atoms with Gasteiger partial charge < -0.3 is 9.30 Å². The van der Waals surface area contributed by atoms with Gasteiger partial charge in [-0.05, 0) is 37.8 Å². The lowest BCUT2D eigenvalue weighted by atomic mass is 9.90. The molecule has 7 heteroatoms. The Labute approximate surface area is 168 Å². The van der Waals surface area contributed by atoms with Crippen LogP contribution in [0.5, 0.6) is 0 Å². The molecule has 154 valence electrons. The number of likely N-dealkylation sites (tertiary alicyclic amines) is 1. The third-order valence-corrected chi connectivity index (χ3v) is 7.13. The van der Waals surface area contributed by atoms with E-state index in [2.05, 4.69) is 41.1 Å². The minimum absolute atomic E-state index is 0.0512. The summed E-state index contributed by atoms with van der Waals surface area (Å²) in [6, 6.07) is 8.76. The Morgan fingerprint density at radius 3 is 2.86 bits per heavy atom. The van der Waals surface area contributed by atoms with Gasteiger partial charge in [0.2, 0.25) is 15.0 Å². The van der Waals surface area contributed by atoms with Crippen molar-refractivity contribution in [1.29, 1.82) is 0 Å². The standard InChI is InChI=1S/C21H31N3O3S/c1-4-28(25,26)21-22-14-20(24(21)11-12-27-3)16-23-10-6-9-19(15-23)18-8-5-7-17(2)13-18/h5,7-8,13-14,19H,4,6,9-12,15-16H2,1-3H3/t19-/m1/s1. The number of ether oxygens (including phenoxy) is 1. The number of aromatic nitrogens is 2. The Morgan fingerprint density at radius 1 is 1.32 bits per heavy atom. The quantitative estimate of drug-likeness (QED) is 0.675. The summed E-state index contributed by atoms with van der Waals surface area (Å²) in [5, 5.41) is 0.161. The lowest BCUT2D eigenvalue weighted by molar-refractivity contribution is 0.175. The lowest BCUT2D eigenvalue weighted by Gasteiger charge is -2.33. The first kappa shape index (κ1) is 21.0. The predicted molar refractivity (Wildman–Crippen MR) is 110 cm³/mol. The van der Waals surface area contributed by atoms with Crippen LogP contribution in [0.25, 0.3) is 0 Å². The van der Waals surface area contributed by atoms with Gasteiger partial charge in [-0.1, -0.05) is 36.8 Å². The molecular formula is C21H31N3O3S. The fourth-order valence-electron chi connectivity index (χ4n) is 3.94. The van der Waals surface area contributed by atoms with E-state index in [1.54, 1.807) is 20.2 Å². The Morgan fingerprint density at radius 2 is 2.14 bits per heavy atom. The van der Waals surface area contributed by atoms with Gasteiger partial charge in [0.05, 0.1) is 24.3 Å². The highest BCUT2D eigenvalue weighted by atomic mass is 32.2. The third kappa shape index (κ3) is 4.82. The maximum atomic E-state index is 12.4. The Hall–Kier alpha value is -1.70. The molecule has 0 bridgehead atoms. The van der Waals surface area contributed by atoms with E-state index in [4.69, 9.17) is 4.74 Å². The molecule has 1 atom stereocenters. The molecule has 1 aromatic carbocycles. The van der Waals surface area contributed by atoms with Gasteiger partial charge in [-0.25, -0.2) is 13.4 Å². The summed E-state index contributed by atoms with van der Waals surface area (Å²) in [5.41, 5.74) is 3.63. The van der Waals surface area contributed by atoms with E-state index >= 15 is 0 Å². The molecule has 1 aliphatic heterocycles. The molecule has 0 radical (unpaired) electrons. The predicted octanol–water partition coefficient (Wildman–Crippen LogP) is 3.01. The van der Waals surface area contributed by atoms with Crippen molar-refractivity contribution in [2.75, 3.05) is 32.6 Å². The van der Waals surface area contributed by atoms with Gasteiger partial charge in [0.1, 0.15) is 0 Å². The largest absolute Gasteiger partial charge is 0.383 e. The minimum Gasteiger partial charge on any atom is -0.383 e. The van der Waals surface area contributed by atoms with E-state index in [0.717, 1.165) is 25.2 Å². The second kappa shape index (κ2) is 9.20. The molecule has 0 amide bonds. The van der Waals surface area contributed by atoms with Gasteiger partial charge in [0.15, 0.2) is 0 Å². The summed E-state index contributed by atoms with van der Waals surface area (Å²) >= 11 is 0. The summed E-state index contributed by atoms with van der Waals surface area (Å²) < 4.78 is 31.9. The molecule has 1 aromatic heterocycles. The van der Waals surface area contributed by atoms with Crippen LogP contribution in [0.3, 0.4) is 0 Å². The molecule has 0 spiro atoms. The molecule has 6 nitrogen and oxygen atoms in total. The van der Waals surface area contributed by atoms with Crippen LogP contribution in [-0.4, -0.2) is 55.4 Å². The van der Waals surface area contributed by atoms with E-state index in [9.17, 15) is 8.42 Å². The van der Waals surface area contributed by atoms with E-state index < -0.39 is 9.84 Å². The van der Waals surface area contributed by atoms with Crippen LogP contribution in [0.1, 0.15) is 42.5 Å². The first-order chi connectivity index (χ1) is 13.4. The average molecular weight is 406 g/mol. The van der Waals surface area contributed by atoms with Crippen LogP contribution >= 0.6 is 0 Å². The van der Waals surface area contributed by atoms with Crippen LogP contribution in [0.2, 0.25) is 0 Å². The van der Waals surface area contributed by atoms with E-state index in [0.29, 0.717) is 25.6 Å². The molecule has 2 heterocycles. The highest BCUT2D eigenvalue weighted by Crippen LogP contribution is 2.28. The highest BCUT2D eigenvalue weighted by molar-refractivity contribution is 7.91. The molecular weight excluding hydrogens is 374 g/mol. The zero-order chi connectivity index (χ0) is 20.1. The zero-order valence-corrected chi connectivity index (χ0v) is 17.9. The fraction of sp³-hybridized carbons (Fsp3) is 0.571. The summed E-state index contributed by atoms with van der Waals surface area (Å²) in [7, 11) is -1.73. The van der Waals surface area contributed by atoms with Gasteiger partial charge in [-0.3, -0.25) is 4.90 Å². The molecule has 0 aliphatic carbocycles. The van der Waals surface area contributed by atoms with Crippen LogP contribution in [-0.2, 0) is 27.7 Å². The number of aryl methyl sites for hydroxylation is 1. The molecule has 1 fully saturated rings. The molecule has 0 N–H and O–H groups in total. The number of piperidine rings is 1. The highest BCUT2D eigenvalue weighted by Gasteiger charge is 2.25. The molecule has 1 saturated heterocycles. The number of benzene rings is 1. The summed E-state index contributed by atoms with van der Waals surface area (Å²) in [6.45, 7) is 7.45. The van der Waals surface area contributed by atoms with E-state index in [1.807, 2.05) is 4.57 Å². The first-order valence-corrected chi connectivity index (χ1v) is 11.6. The second-order valence-corrected chi connectivity index (χ2v) is 9.74. The number of nitrogens with zero attached hydrogens (tertiary/aromatic N) is 3. The van der Waals surface area contributed by atoms with Crippen molar-refractivity contribution < 1.29 is 13.2 Å². The third-order valence-electron chi connectivity index (χ3n) is 5.48. The smallest absolute Gasteiger partial charge is 0.227 e. The summed E-state index contributed by atoms with van der Waals surface area (Å²) in [4.78, 5) is 6.67. The molecule has 0 saturated carbocycles. The average Bonchev–Trinajstić information content (AvgIpc) is 3.10. The number of imidazole rings is 1. The SMILES string of the molecule is CCS(=O)(=O)c1ncc(CN2CCC[C@@H](c3cccc(C)c3)C2)n1CCOC. The number of sulfone groups is 1. The maximum Gasteiger partial charge on any atom is 0.227 e. The number of rotatable bonds is 8. The summed E-state index contributed by atoms with van der Waals surface area (Å²) in [5.74, 6) is 0.568. The molecule has 1 aliphatic rings. The maximum absolute atomic E-state index is 12.4. The molecule has 3 rings (SSSR count). The van der Waals surface area contributed by atoms with Crippen LogP contribution in [0.15, 0.2) is 35.6 Å². The molecule has 28 heavy (non-hydrogen) atoms. The van der Waals surface area contributed by atoms with Crippen LogP contribution in [0, 0.1) is 6.92 Å². The van der Waals surface area contributed by atoms with Crippen molar-refractivity contribution in [2.45, 2.75) is 50.9 Å². The number of hydrogen-bond donors (Lipinski definition) is 0. The van der Waals surface area contributed by atoms with Gasteiger partial charge in [-0.2, -0.15) is 0 Å². The van der Waals surface area contributed by atoms with Crippen molar-refractivity contribution in [3.63, 3.8) is 0 Å². The minimum atomic E-state index is -3.36. The van der Waals surface area contributed by atoms with E-state index in [-0.39, 0.29) is 10.9 Å². The second-order valence-electron chi connectivity index (χ2n) is 7.57. The first-order valence-electron chi connectivity index (χ1n) is 9.99. The van der Waals surface area contributed by atoms with Crippen molar-refractivity contribution in [3.8, 4) is 0 Å². The Bertz CT molecular complexity index is 892. The Balaban J connectivity index is 1.79. The van der Waals surface area contributed by atoms with Crippen LogP contribution in [0.4, 0.5) is 0 Å². The summed E-state index contributed by atoms with van der Waals surface area (Å²) in [6.07, 6.45) is 4.05. The van der Waals surface area contributed by atoms with Gasteiger partial charge in [0, 0.05) is 26.7 Å². The lowest BCUT2D eigenvalue weighted by Crippen LogP contribution is -2.34. The molecule has 0 unspecified atom stereocenters. The van der Waals surface area contributed by atoms with E-state index in [1.165, 1.54) is 17.5 Å². The fourth-order valence-corrected chi connectivity index (χ4v) is 4.96. The van der Waals surface area contributed by atoms with Crippen molar-refractivity contribution in [3.05, 3.63) is 47.3 Å². The van der Waals surface area contributed by atoms with Gasteiger partial charge >= 0.3 is 0 Å².